The fourth-order valence-corrected chi connectivity index (χ4v) is 5.71. The molecule has 0 atom stereocenters. The standard InChI is InChI=1S/C26H23N5O2S/c1-15-17(6-10-27-22(15)24-29-21-9-13-34-23(21)25(32)30-24)26(33)31-11-7-16(8-12-31)19-14-28-20-5-3-2-4-18(19)20/h2-6,9-10,13-14,16,28H,7-8,11-12H2,1H3,(H,29,30,32). The van der Waals surface area contributed by atoms with E-state index in [0.717, 1.165) is 23.9 Å². The smallest absolute Gasteiger partial charge is 0.269 e. The predicted molar refractivity (Wildman–Crippen MR) is 134 cm³/mol. The Balaban J connectivity index is 1.24. The van der Waals surface area contributed by atoms with Gasteiger partial charge in [0.25, 0.3) is 11.5 Å². The summed E-state index contributed by atoms with van der Waals surface area (Å²) in [6.45, 7) is 3.28. The van der Waals surface area contributed by atoms with E-state index in [2.05, 4.69) is 44.3 Å². The lowest BCUT2D eigenvalue weighted by Crippen LogP contribution is -2.38. The third-order valence-corrected chi connectivity index (χ3v) is 7.72. The summed E-state index contributed by atoms with van der Waals surface area (Å²) < 4.78 is 0.590. The molecule has 0 bridgehead atoms. The summed E-state index contributed by atoms with van der Waals surface area (Å²) in [4.78, 5) is 43.0. The van der Waals surface area contributed by atoms with Gasteiger partial charge in [0.2, 0.25) is 0 Å². The molecule has 1 aliphatic rings. The molecular weight excluding hydrogens is 446 g/mol. The molecule has 170 valence electrons. The average Bonchev–Trinajstić information content (AvgIpc) is 3.51. The predicted octanol–water partition coefficient (Wildman–Crippen LogP) is 4.86. The Hall–Kier alpha value is -3.78. The van der Waals surface area contributed by atoms with Crippen molar-refractivity contribution in [1.29, 1.82) is 0 Å². The lowest BCUT2D eigenvalue weighted by molar-refractivity contribution is 0.0712. The van der Waals surface area contributed by atoms with Crippen LogP contribution in [0, 0.1) is 6.92 Å². The molecule has 0 spiro atoms. The third kappa shape index (κ3) is 3.42. The van der Waals surface area contributed by atoms with Crippen molar-refractivity contribution < 1.29 is 4.79 Å². The summed E-state index contributed by atoms with van der Waals surface area (Å²) in [5.74, 6) is 0.819. The van der Waals surface area contributed by atoms with Crippen LogP contribution >= 0.6 is 11.3 Å². The fraction of sp³-hybridized carbons (Fsp3) is 0.231. The lowest BCUT2D eigenvalue weighted by Gasteiger charge is -2.32. The van der Waals surface area contributed by atoms with Gasteiger partial charge in [-0.2, -0.15) is 0 Å². The molecule has 6 rings (SSSR count). The Morgan fingerprint density at radius 1 is 1.15 bits per heavy atom. The molecule has 0 radical (unpaired) electrons. The Labute approximate surface area is 199 Å². The Bertz CT molecular complexity index is 1590. The van der Waals surface area contributed by atoms with Gasteiger partial charge in [-0.3, -0.25) is 14.6 Å². The number of aromatic nitrogens is 4. The average molecular weight is 470 g/mol. The van der Waals surface area contributed by atoms with Crippen molar-refractivity contribution in [3.8, 4) is 11.5 Å². The van der Waals surface area contributed by atoms with E-state index in [-0.39, 0.29) is 11.5 Å². The number of hydrogen-bond donors (Lipinski definition) is 2. The molecule has 1 aromatic carbocycles. The zero-order valence-electron chi connectivity index (χ0n) is 18.7. The minimum absolute atomic E-state index is 0.00233. The molecule has 5 heterocycles. The van der Waals surface area contributed by atoms with Gasteiger partial charge in [-0.25, -0.2) is 4.98 Å². The first kappa shape index (κ1) is 20.8. The van der Waals surface area contributed by atoms with E-state index in [1.165, 1.54) is 22.3 Å². The highest BCUT2D eigenvalue weighted by Crippen LogP contribution is 2.34. The van der Waals surface area contributed by atoms with Gasteiger partial charge in [0, 0.05) is 41.9 Å². The van der Waals surface area contributed by atoms with Crippen molar-refractivity contribution in [3.63, 3.8) is 0 Å². The number of piperidine rings is 1. The number of amides is 1. The zero-order chi connectivity index (χ0) is 23.2. The Morgan fingerprint density at radius 2 is 1.97 bits per heavy atom. The highest BCUT2D eigenvalue weighted by molar-refractivity contribution is 7.17. The normalized spacial score (nSPS) is 14.8. The van der Waals surface area contributed by atoms with Crippen LogP contribution in [0.1, 0.15) is 40.2 Å². The lowest BCUT2D eigenvalue weighted by atomic mass is 9.89. The minimum atomic E-state index is -0.188. The summed E-state index contributed by atoms with van der Waals surface area (Å²) >= 11 is 1.36. The summed E-state index contributed by atoms with van der Waals surface area (Å²) in [6, 6.07) is 11.9. The van der Waals surface area contributed by atoms with Gasteiger partial charge in [0.15, 0.2) is 5.82 Å². The molecule has 2 N–H and O–H groups in total. The first-order valence-electron chi connectivity index (χ1n) is 11.4. The van der Waals surface area contributed by atoms with Gasteiger partial charge in [0.05, 0.1) is 5.52 Å². The molecule has 0 unspecified atom stereocenters. The molecule has 34 heavy (non-hydrogen) atoms. The first-order valence-corrected chi connectivity index (χ1v) is 12.3. The maximum absolute atomic E-state index is 13.4. The number of hydrogen-bond acceptors (Lipinski definition) is 5. The molecule has 1 fully saturated rings. The van der Waals surface area contributed by atoms with E-state index in [0.29, 0.717) is 46.3 Å². The van der Waals surface area contributed by atoms with E-state index >= 15 is 0 Å². The molecule has 1 aliphatic heterocycles. The number of likely N-dealkylation sites (tertiary alicyclic amines) is 1. The van der Waals surface area contributed by atoms with Crippen LogP contribution in [0.3, 0.4) is 0 Å². The fourth-order valence-electron chi connectivity index (χ4n) is 4.99. The van der Waals surface area contributed by atoms with E-state index in [4.69, 9.17) is 0 Å². The van der Waals surface area contributed by atoms with Crippen molar-refractivity contribution in [3.05, 3.63) is 81.2 Å². The molecule has 0 aliphatic carbocycles. The summed E-state index contributed by atoms with van der Waals surface area (Å²) in [5, 5.41) is 3.11. The van der Waals surface area contributed by atoms with E-state index < -0.39 is 0 Å². The van der Waals surface area contributed by atoms with Gasteiger partial charge >= 0.3 is 0 Å². The van der Waals surface area contributed by atoms with Crippen LogP contribution in [-0.4, -0.2) is 43.8 Å². The number of nitrogens with one attached hydrogen (secondary N) is 2. The highest BCUT2D eigenvalue weighted by atomic mass is 32.1. The first-order chi connectivity index (χ1) is 16.6. The molecule has 1 amide bonds. The SMILES string of the molecule is Cc1c(C(=O)N2CCC(c3c[nH]c4ccccc34)CC2)ccnc1-c1nc2ccsc2c(=O)[nH]1. The number of thiophene rings is 1. The van der Waals surface area contributed by atoms with Crippen LogP contribution in [0.5, 0.6) is 0 Å². The molecule has 7 nitrogen and oxygen atoms in total. The Morgan fingerprint density at radius 3 is 2.82 bits per heavy atom. The van der Waals surface area contributed by atoms with E-state index in [1.54, 1.807) is 12.3 Å². The topological polar surface area (TPSA) is 94.7 Å². The summed E-state index contributed by atoms with van der Waals surface area (Å²) in [7, 11) is 0. The van der Waals surface area contributed by atoms with Crippen molar-refractivity contribution in [1.82, 2.24) is 24.8 Å². The van der Waals surface area contributed by atoms with Crippen LogP contribution in [0.4, 0.5) is 0 Å². The van der Waals surface area contributed by atoms with Crippen molar-refractivity contribution in [2.75, 3.05) is 13.1 Å². The van der Waals surface area contributed by atoms with E-state index in [1.807, 2.05) is 29.3 Å². The number of carbonyl (C=O) groups excluding carboxylic acids is 1. The third-order valence-electron chi connectivity index (χ3n) is 6.82. The number of para-hydroxylation sites is 1. The number of aromatic amines is 2. The van der Waals surface area contributed by atoms with Gasteiger partial charge in [0.1, 0.15) is 10.4 Å². The molecule has 8 heteroatoms. The van der Waals surface area contributed by atoms with Gasteiger partial charge < -0.3 is 14.9 Å². The number of H-pyrrole nitrogens is 2. The molecular formula is C26H23N5O2S. The van der Waals surface area contributed by atoms with Crippen LogP contribution in [0.2, 0.25) is 0 Å². The number of fused-ring (bicyclic) bond motifs is 2. The van der Waals surface area contributed by atoms with Gasteiger partial charge in [-0.05, 0) is 60.4 Å². The van der Waals surface area contributed by atoms with Crippen LogP contribution in [-0.2, 0) is 0 Å². The maximum Gasteiger partial charge on any atom is 0.269 e. The number of pyridine rings is 1. The maximum atomic E-state index is 13.4. The quantitative estimate of drug-likeness (QED) is 0.395. The van der Waals surface area contributed by atoms with Gasteiger partial charge in [-0.15, -0.1) is 11.3 Å². The van der Waals surface area contributed by atoms with Crippen molar-refractivity contribution >= 4 is 38.4 Å². The minimum Gasteiger partial charge on any atom is -0.361 e. The second kappa shape index (κ2) is 8.22. The summed E-state index contributed by atoms with van der Waals surface area (Å²) in [6.07, 6.45) is 5.58. The van der Waals surface area contributed by atoms with Crippen molar-refractivity contribution in [2.24, 2.45) is 0 Å². The van der Waals surface area contributed by atoms with Crippen LogP contribution in [0.15, 0.2) is 59.0 Å². The monoisotopic (exact) mass is 469 g/mol. The van der Waals surface area contributed by atoms with Crippen LogP contribution < -0.4 is 5.56 Å². The molecule has 0 saturated carbocycles. The molecule has 1 saturated heterocycles. The largest absolute Gasteiger partial charge is 0.361 e. The van der Waals surface area contributed by atoms with Crippen LogP contribution in [0.25, 0.3) is 32.6 Å². The second-order valence-electron chi connectivity index (χ2n) is 8.74. The summed E-state index contributed by atoms with van der Waals surface area (Å²) in [5.41, 5.74) is 4.80. The van der Waals surface area contributed by atoms with Crippen molar-refractivity contribution in [2.45, 2.75) is 25.7 Å². The zero-order valence-corrected chi connectivity index (χ0v) is 19.5. The molecule has 5 aromatic rings. The number of benzene rings is 1. The number of carbonyl (C=O) groups is 1. The highest BCUT2D eigenvalue weighted by Gasteiger charge is 2.27. The second-order valence-corrected chi connectivity index (χ2v) is 9.65. The number of rotatable bonds is 3. The van der Waals surface area contributed by atoms with E-state index in [9.17, 15) is 9.59 Å². The number of nitrogens with zero attached hydrogens (tertiary/aromatic N) is 3. The molecule has 4 aromatic heterocycles. The van der Waals surface area contributed by atoms with Gasteiger partial charge in [-0.1, -0.05) is 18.2 Å². The Kier molecular flexibility index (Phi) is 5.03.